The summed E-state index contributed by atoms with van der Waals surface area (Å²) in [6, 6.07) is 0. The molecule has 0 N–H and O–H groups in total. The van der Waals surface area contributed by atoms with Crippen LogP contribution in [0.4, 0.5) is 0 Å². The predicted octanol–water partition coefficient (Wildman–Crippen LogP) is 16.9. The lowest BCUT2D eigenvalue weighted by Gasteiger charge is -2.03. The Balaban J connectivity index is 3.14. The highest BCUT2D eigenvalue weighted by Gasteiger charge is 1.96. The quantitative estimate of drug-likeness (QED) is 0.0483. The van der Waals surface area contributed by atoms with Gasteiger partial charge in [0.25, 0.3) is 0 Å². The maximum absolute atomic E-state index is 5.55. The molecule has 0 bridgehead atoms. The van der Waals surface area contributed by atoms with Crippen molar-refractivity contribution in [2.75, 3.05) is 0 Å². The molecule has 0 saturated carbocycles. The lowest BCUT2D eigenvalue weighted by atomic mass is 10.0. The molecule has 0 radical (unpaired) electrons. The zero-order chi connectivity index (χ0) is 32.4. The predicted molar refractivity (Wildman–Crippen MR) is 206 cm³/mol. The Morgan fingerprint density at radius 3 is 0.622 bits per heavy atom. The molecule has 0 aliphatic heterocycles. The van der Waals surface area contributed by atoms with E-state index in [1.807, 2.05) is 12.5 Å². The minimum atomic E-state index is 1.16. The minimum Gasteiger partial charge on any atom is -0.473 e. The second-order valence-corrected chi connectivity index (χ2v) is 14.5. The van der Waals surface area contributed by atoms with Gasteiger partial charge in [0.2, 0.25) is 0 Å². The van der Waals surface area contributed by atoms with E-state index in [2.05, 4.69) is 26.0 Å². The Hall–Kier alpha value is -0.720. The van der Waals surface area contributed by atoms with Crippen molar-refractivity contribution in [3.63, 3.8) is 0 Å². The molecule has 1 nitrogen and oxygen atoms in total. The first-order valence-corrected chi connectivity index (χ1v) is 21.4. The highest BCUT2D eigenvalue weighted by molar-refractivity contribution is 4.79. The first kappa shape index (κ1) is 44.3. The van der Waals surface area contributed by atoms with Crippen molar-refractivity contribution in [2.45, 2.75) is 258 Å². The molecule has 0 aliphatic carbocycles. The average molecular weight is 631 g/mol. The van der Waals surface area contributed by atoms with Gasteiger partial charge in [-0.2, -0.15) is 0 Å². The summed E-state index contributed by atoms with van der Waals surface area (Å²) < 4.78 is 5.55. The van der Waals surface area contributed by atoms with Gasteiger partial charge in [0, 0.05) is 0 Å². The van der Waals surface area contributed by atoms with Crippen LogP contribution in [0.15, 0.2) is 24.7 Å². The fourth-order valence-electron chi connectivity index (χ4n) is 6.62. The number of ether oxygens (including phenoxy) is 1. The summed E-state index contributed by atoms with van der Waals surface area (Å²) in [5.74, 6) is 0. The fourth-order valence-corrected chi connectivity index (χ4v) is 6.62. The Morgan fingerprint density at radius 1 is 0.244 bits per heavy atom. The van der Waals surface area contributed by atoms with Gasteiger partial charge < -0.3 is 4.74 Å². The monoisotopic (exact) mass is 631 g/mol. The largest absolute Gasteiger partial charge is 0.473 e. The van der Waals surface area contributed by atoms with Gasteiger partial charge in [-0.05, 0) is 37.8 Å². The third-order valence-corrected chi connectivity index (χ3v) is 9.80. The van der Waals surface area contributed by atoms with Gasteiger partial charge in [-0.15, -0.1) is 0 Å². The van der Waals surface area contributed by atoms with Crippen molar-refractivity contribution in [1.29, 1.82) is 0 Å². The molecule has 0 aromatic heterocycles. The SMILES string of the molecule is CCCCCCCCCCCCCCCCCCCCC=COC=CCCCCCCCCCCCCCCCCCCCC. The number of unbranched alkanes of at least 4 members (excludes halogenated alkanes) is 36. The van der Waals surface area contributed by atoms with E-state index >= 15 is 0 Å². The number of allylic oxidation sites excluding steroid dienone is 2. The van der Waals surface area contributed by atoms with E-state index in [1.165, 1.54) is 231 Å². The van der Waals surface area contributed by atoms with E-state index in [9.17, 15) is 0 Å². The number of hydrogen-bond acceptors (Lipinski definition) is 1. The van der Waals surface area contributed by atoms with Crippen molar-refractivity contribution < 1.29 is 4.74 Å². The molecule has 0 amide bonds. The van der Waals surface area contributed by atoms with Crippen LogP contribution in [-0.2, 0) is 4.74 Å². The van der Waals surface area contributed by atoms with Crippen LogP contribution < -0.4 is 0 Å². The molecular weight excluding hydrogens is 544 g/mol. The van der Waals surface area contributed by atoms with E-state index in [0.29, 0.717) is 0 Å². The Kier molecular flexibility index (Phi) is 42.6. The first-order chi connectivity index (χ1) is 22.4. The fraction of sp³-hybridized carbons (Fsp3) is 0.909. The topological polar surface area (TPSA) is 9.23 Å². The highest BCUT2D eigenvalue weighted by atomic mass is 16.5. The minimum absolute atomic E-state index is 1.16. The van der Waals surface area contributed by atoms with Crippen LogP contribution in [0.25, 0.3) is 0 Å². The molecule has 0 spiro atoms. The Bertz CT molecular complexity index is 501. The van der Waals surface area contributed by atoms with Gasteiger partial charge in [-0.1, -0.05) is 232 Å². The molecule has 0 atom stereocenters. The second-order valence-electron chi connectivity index (χ2n) is 14.5. The van der Waals surface area contributed by atoms with E-state index in [0.717, 1.165) is 12.8 Å². The van der Waals surface area contributed by atoms with Crippen LogP contribution in [0.5, 0.6) is 0 Å². The van der Waals surface area contributed by atoms with Crippen molar-refractivity contribution in [3.05, 3.63) is 24.7 Å². The molecule has 45 heavy (non-hydrogen) atoms. The lowest BCUT2D eigenvalue weighted by molar-refractivity contribution is 0.397. The van der Waals surface area contributed by atoms with Crippen molar-refractivity contribution in [3.8, 4) is 0 Å². The summed E-state index contributed by atoms with van der Waals surface area (Å²) in [5, 5.41) is 0. The summed E-state index contributed by atoms with van der Waals surface area (Å²) >= 11 is 0. The van der Waals surface area contributed by atoms with E-state index in [1.54, 1.807) is 0 Å². The van der Waals surface area contributed by atoms with E-state index in [-0.39, 0.29) is 0 Å². The third kappa shape index (κ3) is 43.3. The Morgan fingerprint density at radius 2 is 0.422 bits per heavy atom. The zero-order valence-electron chi connectivity index (χ0n) is 31.6. The molecule has 0 aromatic rings. The molecule has 0 aromatic carbocycles. The summed E-state index contributed by atoms with van der Waals surface area (Å²) in [7, 11) is 0. The average Bonchev–Trinajstić information content (AvgIpc) is 3.05. The van der Waals surface area contributed by atoms with Gasteiger partial charge in [0.15, 0.2) is 0 Å². The standard InChI is InChI=1S/C44H86O/c1-3-5-7-9-11-13-15-17-19-21-23-25-27-29-31-33-35-37-39-41-43-45-44-42-40-38-36-34-32-30-28-26-24-22-20-18-16-14-12-10-8-6-4-2/h41-44H,3-40H2,1-2H3. The van der Waals surface area contributed by atoms with Crippen molar-refractivity contribution in [2.24, 2.45) is 0 Å². The second kappa shape index (κ2) is 43.3. The molecule has 0 heterocycles. The normalized spacial score (nSPS) is 11.9. The van der Waals surface area contributed by atoms with Gasteiger partial charge in [0.05, 0.1) is 12.5 Å². The van der Waals surface area contributed by atoms with E-state index in [4.69, 9.17) is 4.74 Å². The maximum Gasteiger partial charge on any atom is 0.0861 e. The number of hydrogen-bond donors (Lipinski definition) is 0. The first-order valence-electron chi connectivity index (χ1n) is 21.4. The van der Waals surface area contributed by atoms with Crippen LogP contribution in [0.3, 0.4) is 0 Å². The van der Waals surface area contributed by atoms with Gasteiger partial charge in [-0.25, -0.2) is 0 Å². The summed E-state index contributed by atoms with van der Waals surface area (Å²) in [4.78, 5) is 0. The molecule has 1 heteroatoms. The van der Waals surface area contributed by atoms with Crippen LogP contribution >= 0.6 is 0 Å². The van der Waals surface area contributed by atoms with Gasteiger partial charge >= 0.3 is 0 Å². The van der Waals surface area contributed by atoms with Gasteiger partial charge in [-0.3, -0.25) is 0 Å². The van der Waals surface area contributed by atoms with Crippen LogP contribution in [0, 0.1) is 0 Å². The molecule has 0 saturated heterocycles. The summed E-state index contributed by atoms with van der Waals surface area (Å²) in [6.07, 6.45) is 62.3. The Labute approximate surface area is 286 Å². The van der Waals surface area contributed by atoms with Gasteiger partial charge in [0.1, 0.15) is 0 Å². The maximum atomic E-state index is 5.55. The highest BCUT2D eigenvalue weighted by Crippen LogP contribution is 2.16. The third-order valence-electron chi connectivity index (χ3n) is 9.80. The van der Waals surface area contributed by atoms with Crippen molar-refractivity contribution in [1.82, 2.24) is 0 Å². The summed E-state index contributed by atoms with van der Waals surface area (Å²) in [5.41, 5.74) is 0. The number of rotatable bonds is 40. The molecule has 0 rings (SSSR count). The molecule has 0 unspecified atom stereocenters. The van der Waals surface area contributed by atoms with Crippen LogP contribution in [-0.4, -0.2) is 0 Å². The lowest BCUT2D eigenvalue weighted by Crippen LogP contribution is -1.84. The zero-order valence-corrected chi connectivity index (χ0v) is 31.6. The van der Waals surface area contributed by atoms with Crippen molar-refractivity contribution >= 4 is 0 Å². The van der Waals surface area contributed by atoms with Crippen LogP contribution in [0.1, 0.15) is 258 Å². The molecule has 0 aliphatic rings. The molecule has 0 fully saturated rings. The molecule has 268 valence electrons. The smallest absolute Gasteiger partial charge is 0.0861 e. The van der Waals surface area contributed by atoms with Crippen LogP contribution in [0.2, 0.25) is 0 Å². The van der Waals surface area contributed by atoms with E-state index < -0.39 is 0 Å². The summed E-state index contributed by atoms with van der Waals surface area (Å²) in [6.45, 7) is 4.61. The molecular formula is C44H86O.